The number of amides is 1. The van der Waals surface area contributed by atoms with Crippen molar-refractivity contribution in [2.24, 2.45) is 13.0 Å². The van der Waals surface area contributed by atoms with Crippen LogP contribution < -0.4 is 5.32 Å². The first kappa shape index (κ1) is 18.5. The third-order valence-corrected chi connectivity index (χ3v) is 6.23. The van der Waals surface area contributed by atoms with Gasteiger partial charge < -0.3 is 9.88 Å². The van der Waals surface area contributed by atoms with Crippen molar-refractivity contribution >= 4 is 21.6 Å². The van der Waals surface area contributed by atoms with Crippen molar-refractivity contribution in [3.63, 3.8) is 0 Å². The molecule has 0 bridgehead atoms. The number of nitrogens with zero attached hydrogens (tertiary/aromatic N) is 3. The molecule has 1 N–H and O–H groups in total. The highest BCUT2D eigenvalue weighted by Crippen LogP contribution is 2.24. The molecule has 1 fully saturated rings. The van der Waals surface area contributed by atoms with E-state index in [1.807, 2.05) is 0 Å². The first-order valence-electron chi connectivity index (χ1n) is 8.32. The van der Waals surface area contributed by atoms with Crippen LogP contribution in [0.25, 0.3) is 0 Å². The van der Waals surface area contributed by atoms with Crippen molar-refractivity contribution in [3.8, 4) is 0 Å². The van der Waals surface area contributed by atoms with Crippen LogP contribution >= 0.6 is 0 Å². The van der Waals surface area contributed by atoms with Gasteiger partial charge in [0.2, 0.25) is 5.91 Å². The molecule has 1 aromatic heterocycles. The van der Waals surface area contributed by atoms with Crippen molar-refractivity contribution < 1.29 is 17.6 Å². The van der Waals surface area contributed by atoms with Crippen LogP contribution in [0.5, 0.6) is 0 Å². The maximum Gasteiger partial charge on any atom is 0.262 e. The van der Waals surface area contributed by atoms with E-state index in [2.05, 4.69) is 10.3 Å². The minimum absolute atomic E-state index is 0.0262. The molecular weight excluding hydrogens is 359 g/mol. The van der Waals surface area contributed by atoms with E-state index in [0.717, 1.165) is 0 Å². The van der Waals surface area contributed by atoms with Crippen LogP contribution in [0.15, 0.2) is 35.7 Å². The Bertz CT molecular complexity index is 926. The number of anilines is 1. The molecule has 1 saturated heterocycles. The molecular formula is C17H21FN4O3S. The monoisotopic (exact) mass is 380 g/mol. The quantitative estimate of drug-likeness (QED) is 0.878. The van der Waals surface area contributed by atoms with E-state index in [1.165, 1.54) is 22.9 Å². The number of aryl methyl sites for hydroxylation is 2. The fourth-order valence-electron chi connectivity index (χ4n) is 2.94. The number of hydrogen-bond acceptors (Lipinski definition) is 4. The Morgan fingerprint density at radius 3 is 2.81 bits per heavy atom. The molecule has 0 saturated carbocycles. The van der Waals surface area contributed by atoms with Crippen LogP contribution in [0.2, 0.25) is 0 Å². The summed E-state index contributed by atoms with van der Waals surface area (Å²) in [6.45, 7) is 2.07. The second-order valence-corrected chi connectivity index (χ2v) is 8.42. The highest BCUT2D eigenvalue weighted by molar-refractivity contribution is 7.89. The molecule has 26 heavy (non-hydrogen) atoms. The van der Waals surface area contributed by atoms with Gasteiger partial charge in [0.1, 0.15) is 5.82 Å². The van der Waals surface area contributed by atoms with Crippen LogP contribution in [-0.4, -0.2) is 41.3 Å². The fourth-order valence-corrected chi connectivity index (χ4v) is 4.43. The van der Waals surface area contributed by atoms with Crippen LogP contribution in [0, 0.1) is 18.7 Å². The maximum atomic E-state index is 13.6. The van der Waals surface area contributed by atoms with Gasteiger partial charge in [-0.1, -0.05) is 6.07 Å². The van der Waals surface area contributed by atoms with Gasteiger partial charge >= 0.3 is 0 Å². The fraction of sp³-hybridized carbons (Fsp3) is 0.412. The molecule has 7 nitrogen and oxygen atoms in total. The molecule has 9 heteroatoms. The Labute approximate surface area is 151 Å². The summed E-state index contributed by atoms with van der Waals surface area (Å²) in [5.41, 5.74) is 0.858. The van der Waals surface area contributed by atoms with Crippen LogP contribution in [0.1, 0.15) is 18.4 Å². The Hall–Kier alpha value is -2.26. The van der Waals surface area contributed by atoms with Gasteiger partial charge in [0.05, 0.1) is 12.2 Å². The SMILES string of the molecule is Cc1ccc(NC(=O)[C@H]2CCCN(S(=O)(=O)c3cn(C)cn3)C2)cc1F. The zero-order valence-corrected chi connectivity index (χ0v) is 15.5. The zero-order chi connectivity index (χ0) is 18.9. The third-order valence-electron chi connectivity index (χ3n) is 4.48. The standard InChI is InChI=1S/C17H21FN4O3S/c1-12-5-6-14(8-15(12)18)20-17(23)13-4-3-7-22(9-13)26(24,25)16-10-21(2)11-19-16/h5-6,8,10-11,13H,3-4,7,9H2,1-2H3,(H,20,23)/t13-/m0/s1. The minimum Gasteiger partial charge on any atom is -0.339 e. The molecule has 1 aliphatic heterocycles. The number of nitrogens with one attached hydrogen (secondary N) is 1. The highest BCUT2D eigenvalue weighted by Gasteiger charge is 2.34. The van der Waals surface area contributed by atoms with E-state index in [4.69, 9.17) is 0 Å². The second-order valence-electron chi connectivity index (χ2n) is 6.53. The summed E-state index contributed by atoms with van der Waals surface area (Å²) in [6.07, 6.45) is 4.02. The average molecular weight is 380 g/mol. The molecule has 2 heterocycles. The minimum atomic E-state index is -3.73. The van der Waals surface area contributed by atoms with E-state index in [9.17, 15) is 17.6 Å². The molecule has 0 spiro atoms. The van der Waals surface area contributed by atoms with Gasteiger partial charge in [-0.05, 0) is 37.5 Å². The lowest BCUT2D eigenvalue weighted by Crippen LogP contribution is -2.43. The number of aromatic nitrogens is 2. The van der Waals surface area contributed by atoms with Gasteiger partial charge in [-0.3, -0.25) is 4.79 Å². The number of rotatable bonds is 4. The lowest BCUT2D eigenvalue weighted by molar-refractivity contribution is -0.120. The second kappa shape index (κ2) is 7.16. The molecule has 0 unspecified atom stereocenters. The summed E-state index contributed by atoms with van der Waals surface area (Å²) < 4.78 is 41.8. The first-order valence-corrected chi connectivity index (χ1v) is 9.76. The number of piperidine rings is 1. The van der Waals surface area contributed by atoms with Gasteiger partial charge in [0.25, 0.3) is 10.0 Å². The number of benzene rings is 1. The topological polar surface area (TPSA) is 84.3 Å². The Kier molecular flexibility index (Phi) is 5.10. The van der Waals surface area contributed by atoms with Gasteiger partial charge in [0.15, 0.2) is 5.03 Å². The Morgan fingerprint density at radius 2 is 2.15 bits per heavy atom. The van der Waals surface area contributed by atoms with Crippen molar-refractivity contribution in [2.45, 2.75) is 24.8 Å². The predicted octanol–water partition coefficient (Wildman–Crippen LogP) is 1.91. The molecule has 2 aromatic rings. The van der Waals surface area contributed by atoms with Gasteiger partial charge in [0, 0.05) is 32.0 Å². The van der Waals surface area contributed by atoms with E-state index in [0.29, 0.717) is 30.6 Å². The lowest BCUT2D eigenvalue weighted by Gasteiger charge is -2.30. The van der Waals surface area contributed by atoms with Crippen molar-refractivity contribution in [2.75, 3.05) is 18.4 Å². The first-order chi connectivity index (χ1) is 12.3. The van der Waals surface area contributed by atoms with E-state index in [1.54, 1.807) is 30.7 Å². The number of carbonyl (C=O) groups excluding carboxylic acids is 1. The summed E-state index contributed by atoms with van der Waals surface area (Å²) in [6, 6.07) is 4.48. The summed E-state index contributed by atoms with van der Waals surface area (Å²) in [5, 5.41) is 2.65. The smallest absolute Gasteiger partial charge is 0.262 e. The molecule has 0 radical (unpaired) electrons. The maximum absolute atomic E-state index is 13.6. The molecule has 1 atom stereocenters. The third kappa shape index (κ3) is 3.78. The van der Waals surface area contributed by atoms with Gasteiger partial charge in [-0.2, -0.15) is 4.31 Å². The van der Waals surface area contributed by atoms with Crippen molar-refractivity contribution in [1.82, 2.24) is 13.9 Å². The lowest BCUT2D eigenvalue weighted by atomic mass is 9.98. The predicted molar refractivity (Wildman–Crippen MR) is 94.5 cm³/mol. The molecule has 1 aromatic carbocycles. The molecule has 140 valence electrons. The van der Waals surface area contributed by atoms with Crippen molar-refractivity contribution in [1.29, 1.82) is 0 Å². The van der Waals surface area contributed by atoms with E-state index >= 15 is 0 Å². The zero-order valence-electron chi connectivity index (χ0n) is 14.6. The summed E-state index contributed by atoms with van der Waals surface area (Å²) in [7, 11) is -2.04. The summed E-state index contributed by atoms with van der Waals surface area (Å²) in [5.74, 6) is -1.20. The van der Waals surface area contributed by atoms with E-state index < -0.39 is 21.8 Å². The van der Waals surface area contributed by atoms with Gasteiger partial charge in [-0.25, -0.2) is 17.8 Å². The number of halogens is 1. The number of carbonyl (C=O) groups is 1. The van der Waals surface area contributed by atoms with Crippen LogP contribution in [0.3, 0.4) is 0 Å². The Morgan fingerprint density at radius 1 is 1.38 bits per heavy atom. The number of imidazole rings is 1. The summed E-state index contributed by atoms with van der Waals surface area (Å²) >= 11 is 0. The van der Waals surface area contributed by atoms with Crippen LogP contribution in [0.4, 0.5) is 10.1 Å². The van der Waals surface area contributed by atoms with Crippen LogP contribution in [-0.2, 0) is 21.9 Å². The molecule has 1 aliphatic rings. The molecule has 1 amide bonds. The molecule has 0 aliphatic carbocycles. The Balaban J connectivity index is 1.71. The summed E-state index contributed by atoms with van der Waals surface area (Å²) in [4.78, 5) is 16.4. The normalized spacial score (nSPS) is 18.7. The van der Waals surface area contributed by atoms with Crippen molar-refractivity contribution in [3.05, 3.63) is 42.1 Å². The highest BCUT2D eigenvalue weighted by atomic mass is 32.2. The van der Waals surface area contributed by atoms with Gasteiger partial charge in [-0.15, -0.1) is 0 Å². The van der Waals surface area contributed by atoms with E-state index in [-0.39, 0.29) is 17.5 Å². The number of sulfonamides is 1. The average Bonchev–Trinajstić information content (AvgIpc) is 3.05. The largest absolute Gasteiger partial charge is 0.339 e. The molecule has 3 rings (SSSR count). The number of hydrogen-bond donors (Lipinski definition) is 1.